The van der Waals surface area contributed by atoms with E-state index in [1.54, 1.807) is 11.8 Å². The summed E-state index contributed by atoms with van der Waals surface area (Å²) in [6.45, 7) is 4.26. The quantitative estimate of drug-likeness (QED) is 0.360. The molecule has 3 saturated heterocycles. The smallest absolute Gasteiger partial charge is 0.242 e. The number of amides is 2. The van der Waals surface area contributed by atoms with Crippen LogP contribution >= 0.6 is 35.7 Å². The Labute approximate surface area is 190 Å². The maximum absolute atomic E-state index is 12.8. The van der Waals surface area contributed by atoms with E-state index in [9.17, 15) is 9.59 Å². The van der Waals surface area contributed by atoms with Crippen molar-refractivity contribution in [1.82, 2.24) is 19.8 Å². The predicted octanol–water partition coefficient (Wildman–Crippen LogP) is 2.62. The molecule has 0 saturated carbocycles. The van der Waals surface area contributed by atoms with Crippen LogP contribution in [0.15, 0.2) is 11.4 Å². The summed E-state index contributed by atoms with van der Waals surface area (Å²) in [7, 11) is 0. The number of aromatic nitrogens is 2. The van der Waals surface area contributed by atoms with E-state index >= 15 is 0 Å². The molecule has 0 spiro atoms. The van der Waals surface area contributed by atoms with E-state index in [0.717, 1.165) is 54.5 Å². The summed E-state index contributed by atoms with van der Waals surface area (Å²) in [5, 5.41) is 0.777. The summed E-state index contributed by atoms with van der Waals surface area (Å²) >= 11 is 8.17. The van der Waals surface area contributed by atoms with Gasteiger partial charge in [-0.3, -0.25) is 14.5 Å². The minimum atomic E-state index is -0.0773. The van der Waals surface area contributed by atoms with E-state index in [2.05, 4.69) is 4.98 Å². The van der Waals surface area contributed by atoms with Gasteiger partial charge in [0.05, 0.1) is 17.6 Å². The van der Waals surface area contributed by atoms with Gasteiger partial charge < -0.3 is 9.64 Å². The second-order valence-corrected chi connectivity index (χ2v) is 10.5. The molecular weight excluding hydrogens is 440 g/mol. The average molecular weight is 467 g/mol. The van der Waals surface area contributed by atoms with Crippen LogP contribution in [0.5, 0.6) is 0 Å². The van der Waals surface area contributed by atoms with E-state index in [0.29, 0.717) is 29.3 Å². The van der Waals surface area contributed by atoms with Crippen LogP contribution in [0.25, 0.3) is 0 Å². The van der Waals surface area contributed by atoms with Crippen molar-refractivity contribution in [2.75, 3.05) is 37.7 Å². The Morgan fingerprint density at radius 1 is 1.40 bits per heavy atom. The number of thioether (sulfide) groups is 2. The van der Waals surface area contributed by atoms with Crippen molar-refractivity contribution in [3.8, 4) is 0 Å². The van der Waals surface area contributed by atoms with Crippen molar-refractivity contribution in [2.24, 2.45) is 0 Å². The second kappa shape index (κ2) is 9.93. The number of carbonyl (C=O) groups is 2. The number of hydrogen-bond donors (Lipinski definition) is 0. The van der Waals surface area contributed by atoms with Crippen molar-refractivity contribution in [2.45, 2.75) is 49.8 Å². The molecule has 2 amide bonds. The molecule has 162 valence electrons. The van der Waals surface area contributed by atoms with Gasteiger partial charge in [0.15, 0.2) is 5.16 Å². The van der Waals surface area contributed by atoms with Crippen molar-refractivity contribution in [3.63, 3.8) is 0 Å². The molecule has 0 radical (unpaired) electrons. The first-order valence-corrected chi connectivity index (χ1v) is 12.7. The SMILES string of the molecule is Cc1cnc(SCC2CCCO2)nc1C1CCCN(C(=O)CN2C(=O)CSC2=S)C1. The lowest BCUT2D eigenvalue weighted by Crippen LogP contribution is -2.46. The van der Waals surface area contributed by atoms with Gasteiger partial charge in [-0.05, 0) is 38.2 Å². The lowest BCUT2D eigenvalue weighted by atomic mass is 9.92. The summed E-state index contributed by atoms with van der Waals surface area (Å²) in [5.41, 5.74) is 2.09. The highest BCUT2D eigenvalue weighted by atomic mass is 32.2. The Morgan fingerprint density at radius 2 is 2.27 bits per heavy atom. The number of aryl methyl sites for hydroxylation is 1. The molecular formula is C20H26N4O3S3. The molecule has 3 aliphatic heterocycles. The van der Waals surface area contributed by atoms with Crippen molar-refractivity contribution >= 4 is 51.9 Å². The highest BCUT2D eigenvalue weighted by Gasteiger charge is 2.32. The minimum Gasteiger partial charge on any atom is -0.377 e. The number of rotatable bonds is 6. The lowest BCUT2D eigenvalue weighted by molar-refractivity contribution is -0.136. The summed E-state index contributed by atoms with van der Waals surface area (Å²) in [4.78, 5) is 37.4. The highest BCUT2D eigenvalue weighted by molar-refractivity contribution is 8.23. The number of piperidine rings is 1. The van der Waals surface area contributed by atoms with Gasteiger partial charge in [-0.25, -0.2) is 9.97 Å². The zero-order valence-corrected chi connectivity index (χ0v) is 19.5. The first-order valence-electron chi connectivity index (χ1n) is 10.3. The topological polar surface area (TPSA) is 75.6 Å². The minimum absolute atomic E-state index is 0.0439. The molecule has 0 N–H and O–H groups in total. The fourth-order valence-electron chi connectivity index (χ4n) is 4.06. The third kappa shape index (κ3) is 5.15. The van der Waals surface area contributed by atoms with E-state index in [-0.39, 0.29) is 24.3 Å². The second-order valence-electron chi connectivity index (χ2n) is 7.88. The number of likely N-dealkylation sites (tertiary alicyclic amines) is 1. The van der Waals surface area contributed by atoms with Gasteiger partial charge >= 0.3 is 0 Å². The number of carbonyl (C=O) groups excluding carboxylic acids is 2. The molecule has 3 fully saturated rings. The van der Waals surface area contributed by atoms with Crippen LogP contribution in [0.1, 0.15) is 42.9 Å². The molecule has 0 aromatic carbocycles. The molecule has 30 heavy (non-hydrogen) atoms. The lowest BCUT2D eigenvalue weighted by Gasteiger charge is -2.34. The first kappa shape index (κ1) is 22.0. The monoisotopic (exact) mass is 466 g/mol. The van der Waals surface area contributed by atoms with Gasteiger partial charge in [-0.1, -0.05) is 35.7 Å². The number of nitrogens with zero attached hydrogens (tertiary/aromatic N) is 4. The summed E-state index contributed by atoms with van der Waals surface area (Å²) in [6.07, 6.45) is 6.33. The molecule has 4 rings (SSSR count). The molecule has 3 aliphatic rings. The normalized spacial score (nSPS) is 24.7. The molecule has 0 aliphatic carbocycles. The number of hydrogen-bond acceptors (Lipinski definition) is 8. The molecule has 7 nitrogen and oxygen atoms in total. The summed E-state index contributed by atoms with van der Waals surface area (Å²) in [6, 6.07) is 0. The molecule has 1 aromatic rings. The largest absolute Gasteiger partial charge is 0.377 e. The Bertz CT molecular complexity index is 816. The van der Waals surface area contributed by atoms with Crippen LogP contribution in [0.2, 0.25) is 0 Å². The van der Waals surface area contributed by atoms with Gasteiger partial charge in [0.2, 0.25) is 11.8 Å². The Kier molecular flexibility index (Phi) is 7.28. The van der Waals surface area contributed by atoms with Crippen LogP contribution in [-0.4, -0.2) is 79.8 Å². The maximum atomic E-state index is 12.8. The zero-order valence-electron chi connectivity index (χ0n) is 17.0. The molecule has 2 unspecified atom stereocenters. The fraction of sp³-hybridized carbons (Fsp3) is 0.650. The average Bonchev–Trinajstić information content (AvgIpc) is 3.38. The van der Waals surface area contributed by atoms with E-state index in [4.69, 9.17) is 21.9 Å². The maximum Gasteiger partial charge on any atom is 0.242 e. The van der Waals surface area contributed by atoms with Gasteiger partial charge in [0, 0.05) is 37.6 Å². The molecule has 2 atom stereocenters. The summed E-state index contributed by atoms with van der Waals surface area (Å²) in [5.74, 6) is 1.27. The van der Waals surface area contributed by atoms with Crippen LogP contribution in [-0.2, 0) is 14.3 Å². The van der Waals surface area contributed by atoms with Gasteiger partial charge in [0.25, 0.3) is 0 Å². The first-order chi connectivity index (χ1) is 14.5. The standard InChI is InChI=1S/C20H26N4O3S3/c1-13-8-21-19(29-11-15-5-3-7-27-15)22-18(13)14-4-2-6-23(9-14)16(25)10-24-17(26)12-30-20(24)28/h8,14-15H,2-7,9-12H2,1H3. The van der Waals surface area contributed by atoms with Crippen LogP contribution in [0, 0.1) is 6.92 Å². The Balaban J connectivity index is 1.39. The zero-order chi connectivity index (χ0) is 21.1. The Hall–Kier alpha value is -1.23. The van der Waals surface area contributed by atoms with Crippen LogP contribution in [0.3, 0.4) is 0 Å². The Morgan fingerprint density at radius 3 is 3.00 bits per heavy atom. The highest BCUT2D eigenvalue weighted by Crippen LogP contribution is 2.30. The molecule has 0 bridgehead atoms. The fourth-order valence-corrected chi connectivity index (χ4v) is 6.02. The van der Waals surface area contributed by atoms with Gasteiger partial charge in [-0.2, -0.15) is 0 Å². The molecule has 4 heterocycles. The predicted molar refractivity (Wildman–Crippen MR) is 122 cm³/mol. The van der Waals surface area contributed by atoms with Crippen molar-refractivity contribution in [3.05, 3.63) is 17.5 Å². The molecule has 10 heteroatoms. The van der Waals surface area contributed by atoms with E-state index < -0.39 is 0 Å². The number of thiocarbonyl (C=S) groups is 1. The van der Waals surface area contributed by atoms with Gasteiger partial charge in [-0.15, -0.1) is 0 Å². The third-order valence-corrected chi connectivity index (χ3v) is 8.13. The van der Waals surface area contributed by atoms with Crippen molar-refractivity contribution in [1.29, 1.82) is 0 Å². The van der Waals surface area contributed by atoms with Crippen molar-refractivity contribution < 1.29 is 14.3 Å². The molecule has 1 aromatic heterocycles. The van der Waals surface area contributed by atoms with E-state index in [1.807, 2.05) is 18.0 Å². The van der Waals surface area contributed by atoms with Crippen LogP contribution < -0.4 is 0 Å². The number of ether oxygens (including phenoxy) is 1. The third-order valence-electron chi connectivity index (χ3n) is 5.71. The van der Waals surface area contributed by atoms with E-state index in [1.165, 1.54) is 16.7 Å². The summed E-state index contributed by atoms with van der Waals surface area (Å²) < 4.78 is 6.20. The van der Waals surface area contributed by atoms with Gasteiger partial charge in [0.1, 0.15) is 10.9 Å². The van der Waals surface area contributed by atoms with Crippen LogP contribution in [0.4, 0.5) is 0 Å².